The molecule has 0 amide bonds. The van der Waals surface area contributed by atoms with E-state index < -0.39 is 17.0 Å². The average Bonchev–Trinajstić information content (AvgIpc) is 2.46. The van der Waals surface area contributed by atoms with Crippen LogP contribution in [0.1, 0.15) is 16.1 Å². The molecule has 72 valence electrons. The number of aryl methyl sites for hydroxylation is 1. The van der Waals surface area contributed by atoms with E-state index >= 15 is 0 Å². The Morgan fingerprint density at radius 3 is 2.64 bits per heavy atom. The number of H-pyrrole nitrogens is 1. The van der Waals surface area contributed by atoms with E-state index in [0.717, 1.165) is 0 Å². The summed E-state index contributed by atoms with van der Waals surface area (Å²) in [5.74, 6) is -0.717. The smallest absolute Gasteiger partial charge is 0.767 e. The number of esters is 1. The van der Waals surface area contributed by atoms with Gasteiger partial charge in [-0.25, -0.2) is 4.79 Å². The maximum Gasteiger partial charge on any atom is 1.00 e. The van der Waals surface area contributed by atoms with Crippen LogP contribution in [0.15, 0.2) is 5.03 Å². The number of hydrogen-bond donors (Lipinski definition) is 1. The minimum atomic E-state index is -2.54. The monoisotopic (exact) mass is 226 g/mol. The SMILES string of the molecule is COC(=O)c1c(S(=O)[O-])n[nH]c1C.[Na+]. The van der Waals surface area contributed by atoms with Gasteiger partial charge < -0.3 is 9.29 Å². The van der Waals surface area contributed by atoms with Crippen molar-refractivity contribution in [3.63, 3.8) is 0 Å². The summed E-state index contributed by atoms with van der Waals surface area (Å²) in [5.41, 5.74) is 0.321. The Hall–Kier alpha value is -0.210. The van der Waals surface area contributed by atoms with Crippen molar-refractivity contribution in [2.24, 2.45) is 0 Å². The first-order valence-electron chi connectivity index (χ1n) is 3.30. The molecule has 0 aromatic carbocycles. The molecule has 0 radical (unpaired) electrons. The van der Waals surface area contributed by atoms with Gasteiger partial charge in [0, 0.05) is 5.69 Å². The predicted molar refractivity (Wildman–Crippen MR) is 41.9 cm³/mol. The molecule has 0 saturated heterocycles. The summed E-state index contributed by atoms with van der Waals surface area (Å²) in [7, 11) is 1.17. The summed E-state index contributed by atoms with van der Waals surface area (Å²) in [6, 6.07) is 0. The molecule has 6 nitrogen and oxygen atoms in total. The molecule has 1 rings (SSSR count). The number of aromatic nitrogens is 2. The van der Waals surface area contributed by atoms with Crippen LogP contribution in [0, 0.1) is 6.92 Å². The van der Waals surface area contributed by atoms with Gasteiger partial charge in [0.1, 0.15) is 10.6 Å². The number of ether oxygens (including phenoxy) is 1. The van der Waals surface area contributed by atoms with E-state index in [0.29, 0.717) is 5.69 Å². The van der Waals surface area contributed by atoms with Crippen molar-refractivity contribution in [1.29, 1.82) is 0 Å². The molecule has 0 aliphatic rings. The Bertz CT molecular complexity index is 365. The number of carbonyl (C=O) groups excluding carboxylic acids is 1. The number of carbonyl (C=O) groups is 1. The minimum Gasteiger partial charge on any atom is -0.767 e. The third-order valence-corrected chi connectivity index (χ3v) is 2.07. The van der Waals surface area contributed by atoms with E-state index in [4.69, 9.17) is 0 Å². The molecular weight excluding hydrogens is 219 g/mol. The fourth-order valence-electron chi connectivity index (χ4n) is 0.870. The third-order valence-electron chi connectivity index (χ3n) is 1.46. The molecule has 0 bridgehead atoms. The van der Waals surface area contributed by atoms with E-state index in [1.165, 1.54) is 14.0 Å². The van der Waals surface area contributed by atoms with E-state index in [1.807, 2.05) is 0 Å². The zero-order valence-corrected chi connectivity index (χ0v) is 10.8. The number of rotatable bonds is 2. The fourth-order valence-corrected chi connectivity index (χ4v) is 1.39. The first-order valence-corrected chi connectivity index (χ1v) is 4.38. The summed E-state index contributed by atoms with van der Waals surface area (Å²) < 4.78 is 25.5. The summed E-state index contributed by atoms with van der Waals surface area (Å²) in [4.78, 5) is 11.1. The molecule has 14 heavy (non-hydrogen) atoms. The van der Waals surface area contributed by atoms with Gasteiger partial charge in [-0.1, -0.05) is 0 Å². The van der Waals surface area contributed by atoms with E-state index in [9.17, 15) is 13.6 Å². The second-order valence-electron chi connectivity index (χ2n) is 2.26. The largest absolute Gasteiger partial charge is 1.00 e. The third kappa shape index (κ3) is 2.64. The first-order chi connectivity index (χ1) is 6.07. The van der Waals surface area contributed by atoms with Gasteiger partial charge in [0.25, 0.3) is 0 Å². The molecule has 1 aromatic heterocycles. The van der Waals surface area contributed by atoms with E-state index in [1.54, 1.807) is 0 Å². The van der Waals surface area contributed by atoms with Crippen LogP contribution >= 0.6 is 0 Å². The Morgan fingerprint density at radius 2 is 2.21 bits per heavy atom. The zero-order chi connectivity index (χ0) is 10.0. The second-order valence-corrected chi connectivity index (χ2v) is 3.11. The van der Waals surface area contributed by atoms with Crippen molar-refractivity contribution in [2.45, 2.75) is 11.9 Å². The Labute approximate surface area is 105 Å². The molecule has 1 heterocycles. The number of hydrogen-bond acceptors (Lipinski definition) is 5. The van der Waals surface area contributed by atoms with Crippen LogP contribution in [-0.4, -0.2) is 32.0 Å². The molecule has 0 aliphatic carbocycles. The Kier molecular flexibility index (Phi) is 5.53. The molecule has 0 fully saturated rings. The van der Waals surface area contributed by atoms with Crippen molar-refractivity contribution >= 4 is 17.0 Å². The van der Waals surface area contributed by atoms with Gasteiger partial charge in [-0.05, 0) is 18.0 Å². The van der Waals surface area contributed by atoms with E-state index in [-0.39, 0.29) is 40.1 Å². The van der Waals surface area contributed by atoms with Gasteiger partial charge >= 0.3 is 35.5 Å². The van der Waals surface area contributed by atoms with Crippen LogP contribution in [0.2, 0.25) is 0 Å². The summed E-state index contributed by atoms with van der Waals surface area (Å²) in [5, 5.41) is 5.52. The number of nitrogens with one attached hydrogen (secondary N) is 1. The second kappa shape index (κ2) is 5.62. The molecule has 0 aliphatic heterocycles. The maximum absolute atomic E-state index is 11.1. The van der Waals surface area contributed by atoms with Gasteiger partial charge in [0.15, 0.2) is 0 Å². The van der Waals surface area contributed by atoms with Crippen LogP contribution in [0.5, 0.6) is 0 Å². The summed E-state index contributed by atoms with van der Waals surface area (Å²) >= 11 is -2.54. The van der Waals surface area contributed by atoms with Crippen LogP contribution < -0.4 is 29.6 Å². The quantitative estimate of drug-likeness (QED) is 0.324. The van der Waals surface area contributed by atoms with Gasteiger partial charge in [-0.3, -0.25) is 9.31 Å². The molecule has 8 heteroatoms. The predicted octanol–water partition coefficient (Wildman–Crippen LogP) is -3.25. The number of nitrogens with zero attached hydrogens (tertiary/aromatic N) is 1. The molecule has 1 aromatic rings. The molecule has 1 N–H and O–H groups in total. The van der Waals surface area contributed by atoms with Crippen LogP contribution in [-0.2, 0) is 15.8 Å². The standard InChI is InChI=1S/C6H8N2O4S.Na/c1-3-4(6(9)12-2)5(8-7-3)13(10)11;/h1-2H3,(H,7,8)(H,10,11);/q;+1/p-1. The molecular formula is C6H7N2NaO4S. The van der Waals surface area contributed by atoms with E-state index in [2.05, 4.69) is 14.9 Å². The van der Waals surface area contributed by atoms with Crippen molar-refractivity contribution < 1.29 is 47.9 Å². The molecule has 0 spiro atoms. The zero-order valence-electron chi connectivity index (χ0n) is 7.99. The minimum absolute atomic E-state index is 0. The van der Waals surface area contributed by atoms with Crippen LogP contribution in [0.3, 0.4) is 0 Å². The average molecular weight is 226 g/mol. The Morgan fingerprint density at radius 1 is 1.64 bits per heavy atom. The Balaban J connectivity index is 0.00000169. The molecule has 1 unspecified atom stereocenters. The van der Waals surface area contributed by atoms with Crippen molar-refractivity contribution in [2.75, 3.05) is 7.11 Å². The maximum atomic E-state index is 11.1. The van der Waals surface area contributed by atoms with Gasteiger partial charge in [-0.2, -0.15) is 5.10 Å². The first kappa shape index (κ1) is 13.8. The fraction of sp³-hybridized carbons (Fsp3) is 0.333. The molecule has 0 saturated carbocycles. The topological polar surface area (TPSA) is 95.1 Å². The van der Waals surface area contributed by atoms with Crippen LogP contribution in [0.25, 0.3) is 0 Å². The van der Waals surface area contributed by atoms with Gasteiger partial charge in [0.05, 0.1) is 7.11 Å². The van der Waals surface area contributed by atoms with Crippen molar-refractivity contribution in [3.05, 3.63) is 11.3 Å². The van der Waals surface area contributed by atoms with Crippen LogP contribution in [0.4, 0.5) is 0 Å². The normalized spacial score (nSPS) is 11.6. The van der Waals surface area contributed by atoms with Crippen molar-refractivity contribution in [3.8, 4) is 0 Å². The van der Waals surface area contributed by atoms with Crippen molar-refractivity contribution in [1.82, 2.24) is 10.2 Å². The molecule has 1 atom stereocenters. The van der Waals surface area contributed by atoms with Gasteiger partial charge in [0.2, 0.25) is 0 Å². The number of aromatic amines is 1. The summed E-state index contributed by atoms with van der Waals surface area (Å²) in [6.45, 7) is 1.54. The van der Waals surface area contributed by atoms with Gasteiger partial charge in [-0.15, -0.1) is 0 Å². The number of methoxy groups -OCH3 is 1. The summed E-state index contributed by atoms with van der Waals surface area (Å²) in [6.07, 6.45) is 0.